The van der Waals surface area contributed by atoms with Gasteiger partial charge in [0, 0.05) is 5.56 Å². The summed E-state index contributed by atoms with van der Waals surface area (Å²) in [5.74, 6) is 1.88. The summed E-state index contributed by atoms with van der Waals surface area (Å²) in [5.41, 5.74) is 0.593. The molecule has 0 unspecified atom stereocenters. The molecule has 3 aromatic rings. The molecule has 0 aliphatic carbocycles. The molecule has 20 heavy (non-hydrogen) atoms. The van der Waals surface area contributed by atoms with Gasteiger partial charge in [0.1, 0.15) is 12.0 Å². The summed E-state index contributed by atoms with van der Waals surface area (Å²) in [7, 11) is 0. The Kier molecular flexibility index (Phi) is 3.28. The van der Waals surface area contributed by atoms with Gasteiger partial charge in [0.2, 0.25) is 5.82 Å². The fourth-order valence-corrected chi connectivity index (χ4v) is 1.61. The normalized spacial score (nSPS) is 10.4. The standard InChI is InChI=1S/C14H10N2O4/c17-8-10-3-5-11(6-4-10)19-9-13-15-14(16-20-13)12-2-1-7-18-12/h1-8H,9H2. The number of ether oxygens (including phenoxy) is 1. The molecule has 2 heterocycles. The minimum absolute atomic E-state index is 0.147. The number of carbonyl (C=O) groups is 1. The highest BCUT2D eigenvalue weighted by atomic mass is 16.5. The van der Waals surface area contributed by atoms with Gasteiger partial charge in [-0.15, -0.1) is 0 Å². The van der Waals surface area contributed by atoms with Gasteiger partial charge in [0.15, 0.2) is 12.4 Å². The zero-order valence-electron chi connectivity index (χ0n) is 10.4. The van der Waals surface area contributed by atoms with Gasteiger partial charge in [-0.25, -0.2) is 0 Å². The third-order valence-electron chi connectivity index (χ3n) is 2.59. The molecule has 0 aliphatic heterocycles. The molecule has 1 aromatic carbocycles. The van der Waals surface area contributed by atoms with Crippen LogP contribution in [0.15, 0.2) is 51.6 Å². The van der Waals surface area contributed by atoms with Crippen molar-refractivity contribution in [1.82, 2.24) is 10.1 Å². The molecule has 0 atom stereocenters. The van der Waals surface area contributed by atoms with Crippen molar-refractivity contribution < 1.29 is 18.5 Å². The smallest absolute Gasteiger partial charge is 0.264 e. The molecule has 0 N–H and O–H groups in total. The van der Waals surface area contributed by atoms with Crippen LogP contribution in [0.5, 0.6) is 5.75 Å². The summed E-state index contributed by atoms with van der Waals surface area (Å²) in [5, 5.41) is 3.79. The highest BCUT2D eigenvalue weighted by molar-refractivity contribution is 5.74. The summed E-state index contributed by atoms with van der Waals surface area (Å²) in [6.45, 7) is 0.147. The number of hydrogen-bond donors (Lipinski definition) is 0. The number of furan rings is 1. The molecule has 100 valence electrons. The van der Waals surface area contributed by atoms with E-state index in [1.54, 1.807) is 36.4 Å². The van der Waals surface area contributed by atoms with Gasteiger partial charge >= 0.3 is 0 Å². The van der Waals surface area contributed by atoms with Crippen LogP contribution in [0.4, 0.5) is 0 Å². The lowest BCUT2D eigenvalue weighted by Crippen LogP contribution is -1.95. The monoisotopic (exact) mass is 270 g/mol. The second-order valence-corrected chi connectivity index (χ2v) is 3.96. The fourth-order valence-electron chi connectivity index (χ4n) is 1.61. The molecular formula is C14H10N2O4. The summed E-state index contributed by atoms with van der Waals surface area (Å²) in [4.78, 5) is 14.7. The predicted molar refractivity (Wildman–Crippen MR) is 68.2 cm³/mol. The van der Waals surface area contributed by atoms with Crippen LogP contribution < -0.4 is 4.74 Å². The number of hydrogen-bond acceptors (Lipinski definition) is 6. The van der Waals surface area contributed by atoms with E-state index in [1.807, 2.05) is 0 Å². The predicted octanol–water partition coefficient (Wildman–Crippen LogP) is 2.72. The van der Waals surface area contributed by atoms with Crippen LogP contribution >= 0.6 is 0 Å². The molecule has 0 amide bonds. The van der Waals surface area contributed by atoms with Crippen LogP contribution in [-0.2, 0) is 6.61 Å². The highest BCUT2D eigenvalue weighted by Crippen LogP contribution is 2.17. The van der Waals surface area contributed by atoms with Gasteiger partial charge < -0.3 is 13.7 Å². The first-order valence-corrected chi connectivity index (χ1v) is 5.89. The zero-order valence-corrected chi connectivity index (χ0v) is 10.4. The topological polar surface area (TPSA) is 78.4 Å². The van der Waals surface area contributed by atoms with Gasteiger partial charge in [-0.1, -0.05) is 5.16 Å². The number of rotatable bonds is 5. The Morgan fingerprint density at radius 1 is 1.20 bits per heavy atom. The Labute approximate surface area is 114 Å². The van der Waals surface area contributed by atoms with Crippen molar-refractivity contribution in [3.8, 4) is 17.3 Å². The second kappa shape index (κ2) is 5.40. The first-order valence-electron chi connectivity index (χ1n) is 5.89. The van der Waals surface area contributed by atoms with Crippen molar-refractivity contribution in [3.05, 3.63) is 54.1 Å². The lowest BCUT2D eigenvalue weighted by molar-refractivity contribution is 0.112. The average molecular weight is 270 g/mol. The third-order valence-corrected chi connectivity index (χ3v) is 2.59. The van der Waals surface area contributed by atoms with Crippen molar-refractivity contribution in [3.63, 3.8) is 0 Å². The first kappa shape index (κ1) is 12.2. The Morgan fingerprint density at radius 3 is 2.75 bits per heavy atom. The molecule has 0 saturated carbocycles. The highest BCUT2D eigenvalue weighted by Gasteiger charge is 2.11. The number of benzene rings is 1. The van der Waals surface area contributed by atoms with Gasteiger partial charge in [0.25, 0.3) is 5.89 Å². The minimum Gasteiger partial charge on any atom is -0.484 e. The molecule has 3 rings (SSSR count). The van der Waals surface area contributed by atoms with E-state index in [1.165, 1.54) is 6.26 Å². The molecule has 0 radical (unpaired) electrons. The van der Waals surface area contributed by atoms with E-state index in [2.05, 4.69) is 10.1 Å². The van der Waals surface area contributed by atoms with Crippen molar-refractivity contribution in [2.45, 2.75) is 6.61 Å². The van der Waals surface area contributed by atoms with Crippen LogP contribution in [0.1, 0.15) is 16.2 Å². The van der Waals surface area contributed by atoms with E-state index >= 15 is 0 Å². The fraction of sp³-hybridized carbons (Fsp3) is 0.0714. The van der Waals surface area contributed by atoms with Crippen LogP contribution in [0.2, 0.25) is 0 Å². The first-order chi connectivity index (χ1) is 9.85. The molecule has 6 heteroatoms. The lowest BCUT2D eigenvalue weighted by Gasteiger charge is -2.02. The second-order valence-electron chi connectivity index (χ2n) is 3.96. The molecule has 0 spiro atoms. The van der Waals surface area contributed by atoms with Gasteiger partial charge in [-0.05, 0) is 36.4 Å². The van der Waals surface area contributed by atoms with Gasteiger partial charge in [-0.3, -0.25) is 4.79 Å². The molecule has 0 bridgehead atoms. The zero-order chi connectivity index (χ0) is 13.8. The maximum absolute atomic E-state index is 10.5. The van der Waals surface area contributed by atoms with E-state index in [4.69, 9.17) is 13.7 Å². The van der Waals surface area contributed by atoms with E-state index in [-0.39, 0.29) is 6.61 Å². The number of carbonyl (C=O) groups excluding carboxylic acids is 1. The molecule has 0 saturated heterocycles. The molecule has 0 fully saturated rings. The lowest BCUT2D eigenvalue weighted by atomic mass is 10.2. The Hall–Kier alpha value is -2.89. The summed E-state index contributed by atoms with van der Waals surface area (Å²) < 4.78 is 15.7. The third kappa shape index (κ3) is 2.59. The largest absolute Gasteiger partial charge is 0.484 e. The van der Waals surface area contributed by atoms with Gasteiger partial charge in [0.05, 0.1) is 6.26 Å². The van der Waals surface area contributed by atoms with Crippen LogP contribution in [0, 0.1) is 0 Å². The van der Waals surface area contributed by atoms with Crippen molar-refractivity contribution in [2.75, 3.05) is 0 Å². The van der Waals surface area contributed by atoms with Crippen molar-refractivity contribution in [2.24, 2.45) is 0 Å². The maximum Gasteiger partial charge on any atom is 0.264 e. The molecular weight excluding hydrogens is 260 g/mol. The Morgan fingerprint density at radius 2 is 2.05 bits per heavy atom. The number of aldehydes is 1. The Bertz CT molecular complexity index is 686. The summed E-state index contributed by atoms with van der Waals surface area (Å²) >= 11 is 0. The summed E-state index contributed by atoms with van der Waals surface area (Å²) in [6, 6.07) is 10.2. The molecule has 0 aliphatic rings. The number of nitrogens with zero attached hydrogens (tertiary/aromatic N) is 2. The van der Waals surface area contributed by atoms with Crippen LogP contribution in [0.3, 0.4) is 0 Å². The van der Waals surface area contributed by atoms with E-state index < -0.39 is 0 Å². The van der Waals surface area contributed by atoms with Crippen molar-refractivity contribution in [1.29, 1.82) is 0 Å². The van der Waals surface area contributed by atoms with Gasteiger partial charge in [-0.2, -0.15) is 4.98 Å². The SMILES string of the molecule is O=Cc1ccc(OCc2nc(-c3ccco3)no2)cc1. The van der Waals surface area contributed by atoms with E-state index in [0.717, 1.165) is 6.29 Å². The molecule has 6 nitrogen and oxygen atoms in total. The van der Waals surface area contributed by atoms with Crippen molar-refractivity contribution >= 4 is 6.29 Å². The number of aromatic nitrogens is 2. The quantitative estimate of drug-likeness (QED) is 0.663. The molecule has 2 aromatic heterocycles. The summed E-state index contributed by atoms with van der Waals surface area (Å²) in [6.07, 6.45) is 2.31. The van der Waals surface area contributed by atoms with E-state index in [9.17, 15) is 4.79 Å². The average Bonchev–Trinajstić information content (AvgIpc) is 3.16. The van der Waals surface area contributed by atoms with Crippen LogP contribution in [0.25, 0.3) is 11.6 Å². The van der Waals surface area contributed by atoms with Crippen LogP contribution in [-0.4, -0.2) is 16.4 Å². The Balaban J connectivity index is 1.64. The maximum atomic E-state index is 10.5. The minimum atomic E-state index is 0.147. The van der Waals surface area contributed by atoms with E-state index in [0.29, 0.717) is 28.8 Å².